The van der Waals surface area contributed by atoms with Crippen molar-refractivity contribution in [3.63, 3.8) is 0 Å². The Bertz CT molecular complexity index is 683. The van der Waals surface area contributed by atoms with Crippen LogP contribution in [0.3, 0.4) is 0 Å². The number of nitrogens with one attached hydrogen (secondary N) is 2. The minimum Gasteiger partial charge on any atom is -0.478 e. The molecule has 0 bridgehead atoms. The Labute approximate surface area is 144 Å². The van der Waals surface area contributed by atoms with Gasteiger partial charge in [-0.1, -0.05) is 13.8 Å². The second-order valence-electron chi connectivity index (χ2n) is 6.05. The molecule has 1 aliphatic rings. The van der Waals surface area contributed by atoms with E-state index in [0.29, 0.717) is 6.54 Å². The van der Waals surface area contributed by atoms with Crippen molar-refractivity contribution < 1.29 is 24.3 Å². The van der Waals surface area contributed by atoms with E-state index in [-0.39, 0.29) is 23.1 Å². The highest BCUT2D eigenvalue weighted by Gasteiger charge is 2.36. The van der Waals surface area contributed by atoms with Crippen LogP contribution in [-0.4, -0.2) is 46.8 Å². The average Bonchev–Trinajstić information content (AvgIpc) is 2.52. The number of carbonyl (C=O) groups excluding carboxylic acids is 3. The molecule has 0 saturated carbocycles. The highest BCUT2D eigenvalue weighted by Crippen LogP contribution is 2.18. The third kappa shape index (κ3) is 4.06. The summed E-state index contributed by atoms with van der Waals surface area (Å²) in [6.45, 7) is 5.56. The Hall–Kier alpha value is -3.10. The van der Waals surface area contributed by atoms with Gasteiger partial charge in [0.05, 0.1) is 11.3 Å². The van der Waals surface area contributed by atoms with Gasteiger partial charge in [-0.15, -0.1) is 0 Å². The van der Waals surface area contributed by atoms with E-state index in [0.717, 1.165) is 4.90 Å². The first-order valence-corrected chi connectivity index (χ1v) is 7.72. The summed E-state index contributed by atoms with van der Waals surface area (Å²) in [5, 5.41) is 14.0. The second-order valence-corrected chi connectivity index (χ2v) is 6.05. The predicted octanol–water partition coefficient (Wildman–Crippen LogP) is 1.41. The third-order valence-corrected chi connectivity index (χ3v) is 3.58. The molecular weight excluding hydrogens is 328 g/mol. The van der Waals surface area contributed by atoms with Crippen molar-refractivity contribution in [3.8, 4) is 0 Å². The molecule has 1 fully saturated rings. The molecule has 0 atom stereocenters. The molecule has 9 nitrogen and oxygen atoms in total. The molecule has 5 amide bonds. The number of aromatic carboxylic acids is 1. The molecule has 25 heavy (non-hydrogen) atoms. The van der Waals surface area contributed by atoms with Crippen LogP contribution in [0.15, 0.2) is 24.3 Å². The first kappa shape index (κ1) is 18.2. The number of nitrogens with zero attached hydrogens (tertiary/aromatic N) is 2. The maximum Gasteiger partial charge on any atom is 0.335 e. The fourth-order valence-corrected chi connectivity index (χ4v) is 2.44. The lowest BCUT2D eigenvalue weighted by Crippen LogP contribution is -2.69. The number of rotatable bonds is 5. The standard InChI is InChI=1S/C16H20N4O5/c1-9(2)8-19(10(3)21)14-17-15(24)20(16(25)18-14)12-6-4-11(5-7-12)13(22)23/h4-7,9,14H,8H2,1-3H3,(H,17,24)(H,18,25)(H,22,23). The number of hydrogen-bond acceptors (Lipinski definition) is 4. The van der Waals surface area contributed by atoms with Crippen molar-refractivity contribution >= 4 is 29.6 Å². The van der Waals surface area contributed by atoms with E-state index in [1.54, 1.807) is 0 Å². The van der Waals surface area contributed by atoms with Crippen molar-refractivity contribution in [1.29, 1.82) is 0 Å². The average molecular weight is 348 g/mol. The number of carboxylic acids is 1. The van der Waals surface area contributed by atoms with Crippen molar-refractivity contribution in [3.05, 3.63) is 29.8 Å². The largest absolute Gasteiger partial charge is 0.478 e. The van der Waals surface area contributed by atoms with Gasteiger partial charge in [0.15, 0.2) is 6.29 Å². The summed E-state index contributed by atoms with van der Waals surface area (Å²) in [6.07, 6.45) is -0.936. The zero-order valence-electron chi connectivity index (χ0n) is 14.1. The lowest BCUT2D eigenvalue weighted by Gasteiger charge is -2.38. The zero-order valence-corrected chi connectivity index (χ0v) is 14.1. The molecule has 0 spiro atoms. The summed E-state index contributed by atoms with van der Waals surface area (Å²) < 4.78 is 0. The Morgan fingerprint density at radius 3 is 2.08 bits per heavy atom. The van der Waals surface area contributed by atoms with E-state index in [9.17, 15) is 19.2 Å². The SMILES string of the molecule is CC(=O)N(CC(C)C)C1NC(=O)N(c2ccc(C(=O)O)cc2)C(=O)N1. The van der Waals surface area contributed by atoms with Crippen molar-refractivity contribution in [2.45, 2.75) is 27.1 Å². The Kier molecular flexibility index (Phi) is 5.26. The van der Waals surface area contributed by atoms with Crippen LogP contribution < -0.4 is 15.5 Å². The van der Waals surface area contributed by atoms with Crippen LogP contribution in [0.5, 0.6) is 0 Å². The Morgan fingerprint density at radius 2 is 1.68 bits per heavy atom. The van der Waals surface area contributed by atoms with Crippen LogP contribution in [-0.2, 0) is 4.79 Å². The van der Waals surface area contributed by atoms with Gasteiger partial charge in [-0.2, -0.15) is 0 Å². The van der Waals surface area contributed by atoms with Gasteiger partial charge >= 0.3 is 18.0 Å². The summed E-state index contributed by atoms with van der Waals surface area (Å²) in [4.78, 5) is 49.6. The number of imide groups is 1. The lowest BCUT2D eigenvalue weighted by molar-refractivity contribution is -0.132. The molecule has 1 saturated heterocycles. The number of hydrogen-bond donors (Lipinski definition) is 3. The smallest absolute Gasteiger partial charge is 0.335 e. The number of anilines is 1. The summed E-state index contributed by atoms with van der Waals surface area (Å²) in [6, 6.07) is 3.91. The first-order chi connectivity index (χ1) is 11.7. The van der Waals surface area contributed by atoms with Gasteiger partial charge in [0, 0.05) is 13.5 Å². The molecule has 1 aliphatic heterocycles. The van der Waals surface area contributed by atoms with E-state index < -0.39 is 24.3 Å². The van der Waals surface area contributed by atoms with Crippen LogP contribution >= 0.6 is 0 Å². The van der Waals surface area contributed by atoms with Gasteiger partial charge in [-0.05, 0) is 30.2 Å². The van der Waals surface area contributed by atoms with Crippen molar-refractivity contribution in [2.24, 2.45) is 5.92 Å². The number of urea groups is 2. The van der Waals surface area contributed by atoms with Crippen molar-refractivity contribution in [1.82, 2.24) is 15.5 Å². The molecule has 2 rings (SSSR count). The van der Waals surface area contributed by atoms with E-state index in [4.69, 9.17) is 5.11 Å². The fraction of sp³-hybridized carbons (Fsp3) is 0.375. The molecule has 134 valence electrons. The maximum absolute atomic E-state index is 12.3. The summed E-state index contributed by atoms with van der Waals surface area (Å²) in [7, 11) is 0. The minimum atomic E-state index is -1.11. The highest BCUT2D eigenvalue weighted by atomic mass is 16.4. The van der Waals surface area contributed by atoms with Gasteiger partial charge in [-0.25, -0.2) is 19.3 Å². The van der Waals surface area contributed by atoms with E-state index in [2.05, 4.69) is 10.6 Å². The second kappa shape index (κ2) is 7.20. The normalized spacial score (nSPS) is 15.0. The molecular formula is C16H20N4O5. The molecule has 3 N–H and O–H groups in total. The van der Waals surface area contributed by atoms with Crippen LogP contribution in [0, 0.1) is 5.92 Å². The fourth-order valence-electron chi connectivity index (χ4n) is 2.44. The molecule has 0 unspecified atom stereocenters. The summed E-state index contributed by atoms with van der Waals surface area (Å²) in [5.41, 5.74) is 0.260. The minimum absolute atomic E-state index is 0.0409. The van der Waals surface area contributed by atoms with Gasteiger partial charge in [0.25, 0.3) is 0 Å². The molecule has 0 radical (unpaired) electrons. The van der Waals surface area contributed by atoms with E-state index in [1.807, 2.05) is 13.8 Å². The molecule has 1 aromatic carbocycles. The molecule has 0 aliphatic carbocycles. The van der Waals surface area contributed by atoms with E-state index >= 15 is 0 Å². The maximum atomic E-state index is 12.3. The van der Waals surface area contributed by atoms with Crippen LogP contribution in [0.25, 0.3) is 0 Å². The van der Waals surface area contributed by atoms with Gasteiger partial charge in [-0.3, -0.25) is 15.4 Å². The Morgan fingerprint density at radius 1 is 1.16 bits per heavy atom. The zero-order chi connectivity index (χ0) is 18.7. The van der Waals surface area contributed by atoms with Gasteiger partial charge < -0.3 is 10.0 Å². The summed E-state index contributed by atoms with van der Waals surface area (Å²) >= 11 is 0. The number of carboxylic acid groups (broad SMARTS) is 1. The van der Waals surface area contributed by atoms with Crippen LogP contribution in [0.4, 0.5) is 15.3 Å². The van der Waals surface area contributed by atoms with Crippen molar-refractivity contribution in [2.75, 3.05) is 11.4 Å². The quantitative estimate of drug-likeness (QED) is 0.743. The highest BCUT2D eigenvalue weighted by molar-refractivity contribution is 6.15. The number of benzene rings is 1. The van der Waals surface area contributed by atoms with Crippen LogP contribution in [0.2, 0.25) is 0 Å². The number of amides is 5. The van der Waals surface area contributed by atoms with Crippen LogP contribution in [0.1, 0.15) is 31.1 Å². The third-order valence-electron chi connectivity index (χ3n) is 3.58. The molecule has 1 heterocycles. The predicted molar refractivity (Wildman–Crippen MR) is 89.0 cm³/mol. The Balaban J connectivity index is 2.19. The number of carbonyl (C=O) groups is 4. The first-order valence-electron chi connectivity index (χ1n) is 7.72. The monoisotopic (exact) mass is 348 g/mol. The van der Waals surface area contributed by atoms with Gasteiger partial charge in [0.1, 0.15) is 0 Å². The summed E-state index contributed by atoms with van der Waals surface area (Å²) in [5.74, 6) is -1.23. The molecule has 9 heteroatoms. The lowest BCUT2D eigenvalue weighted by atomic mass is 10.2. The van der Waals surface area contributed by atoms with Gasteiger partial charge in [0.2, 0.25) is 5.91 Å². The topological polar surface area (TPSA) is 119 Å². The van der Waals surface area contributed by atoms with E-state index in [1.165, 1.54) is 36.1 Å². The molecule has 0 aromatic heterocycles. The molecule has 1 aromatic rings.